The van der Waals surface area contributed by atoms with Crippen molar-refractivity contribution in [2.45, 2.75) is 25.8 Å². The number of rotatable bonds is 5. The van der Waals surface area contributed by atoms with Gasteiger partial charge in [0.25, 0.3) is 5.91 Å². The molecule has 3 amide bonds. The number of anilines is 2. The van der Waals surface area contributed by atoms with Crippen LogP contribution in [-0.4, -0.2) is 33.0 Å². The second-order valence-electron chi connectivity index (χ2n) is 6.79. The van der Waals surface area contributed by atoms with Crippen LogP contribution < -0.4 is 16.0 Å². The second-order valence-corrected chi connectivity index (χ2v) is 6.79. The minimum atomic E-state index is -0.356. The van der Waals surface area contributed by atoms with Gasteiger partial charge in [0.1, 0.15) is 0 Å². The molecule has 0 atom stereocenters. The molecule has 0 saturated heterocycles. The predicted octanol–water partition coefficient (Wildman–Crippen LogP) is 3.11. The van der Waals surface area contributed by atoms with Crippen LogP contribution in [0.1, 0.15) is 28.9 Å². The molecular weight excluding hydrogens is 356 g/mol. The zero-order chi connectivity index (χ0) is 19.5. The average molecular weight is 376 g/mol. The number of benzene rings is 2. The molecule has 4 rings (SSSR count). The van der Waals surface area contributed by atoms with E-state index >= 15 is 0 Å². The molecule has 0 aliphatic heterocycles. The molecule has 0 unspecified atom stereocenters. The summed E-state index contributed by atoms with van der Waals surface area (Å²) in [6.07, 6.45) is 3.65. The molecular formula is C20H20N6O2. The summed E-state index contributed by atoms with van der Waals surface area (Å²) >= 11 is 0. The molecule has 3 N–H and O–H groups in total. The fourth-order valence-electron chi connectivity index (χ4n) is 2.60. The van der Waals surface area contributed by atoms with Crippen molar-refractivity contribution in [1.82, 2.24) is 20.3 Å². The van der Waals surface area contributed by atoms with Crippen molar-refractivity contribution in [3.63, 3.8) is 0 Å². The minimum absolute atomic E-state index is 0.214. The lowest BCUT2D eigenvalue weighted by Gasteiger charge is -2.08. The molecule has 28 heavy (non-hydrogen) atoms. The summed E-state index contributed by atoms with van der Waals surface area (Å²) in [5.74, 6) is -0.356. The van der Waals surface area contributed by atoms with Gasteiger partial charge in [0.15, 0.2) is 5.69 Å². The van der Waals surface area contributed by atoms with Gasteiger partial charge in [-0.15, -0.1) is 5.10 Å². The summed E-state index contributed by atoms with van der Waals surface area (Å²) in [6.45, 7) is 2.00. The number of nitrogens with zero attached hydrogens (tertiary/aromatic N) is 3. The minimum Gasteiger partial charge on any atom is -0.335 e. The highest BCUT2D eigenvalue weighted by molar-refractivity contribution is 6.02. The molecule has 0 radical (unpaired) electrons. The van der Waals surface area contributed by atoms with Gasteiger partial charge in [-0.2, -0.15) is 0 Å². The van der Waals surface area contributed by atoms with Gasteiger partial charge in [-0.1, -0.05) is 22.9 Å². The van der Waals surface area contributed by atoms with E-state index in [1.165, 1.54) is 0 Å². The zero-order valence-corrected chi connectivity index (χ0v) is 15.3. The molecule has 142 valence electrons. The Kier molecular flexibility index (Phi) is 4.76. The fourth-order valence-corrected chi connectivity index (χ4v) is 2.60. The first-order chi connectivity index (χ1) is 13.6. The predicted molar refractivity (Wildman–Crippen MR) is 106 cm³/mol. The summed E-state index contributed by atoms with van der Waals surface area (Å²) in [7, 11) is 0. The Morgan fingerprint density at radius 2 is 1.61 bits per heavy atom. The van der Waals surface area contributed by atoms with Gasteiger partial charge in [0.2, 0.25) is 0 Å². The highest BCUT2D eigenvalue weighted by Gasteiger charge is 2.23. The maximum Gasteiger partial charge on any atom is 0.319 e. The molecule has 0 bridgehead atoms. The Labute approximate surface area is 161 Å². The highest BCUT2D eigenvalue weighted by Crippen LogP contribution is 2.19. The lowest BCUT2D eigenvalue weighted by atomic mass is 10.2. The molecule has 1 aromatic heterocycles. The van der Waals surface area contributed by atoms with Crippen LogP contribution >= 0.6 is 0 Å². The van der Waals surface area contributed by atoms with Crippen LogP contribution in [0.4, 0.5) is 16.2 Å². The summed E-state index contributed by atoms with van der Waals surface area (Å²) in [4.78, 5) is 24.1. The van der Waals surface area contributed by atoms with Crippen molar-refractivity contribution in [3.05, 3.63) is 66.0 Å². The number of carbonyl (C=O) groups is 2. The maximum absolute atomic E-state index is 12.4. The first-order valence-corrected chi connectivity index (χ1v) is 9.05. The topological polar surface area (TPSA) is 101 Å². The number of hydrogen-bond donors (Lipinski definition) is 3. The number of urea groups is 1. The number of aromatic nitrogens is 3. The SMILES string of the molecule is Cc1ccc(-n2cc(C(=O)Nc3ccc(NC(=O)NC4CC4)cc3)nn2)cc1. The quantitative estimate of drug-likeness (QED) is 0.637. The third-order valence-electron chi connectivity index (χ3n) is 4.34. The van der Waals surface area contributed by atoms with Crippen LogP contribution in [0.2, 0.25) is 0 Å². The van der Waals surface area contributed by atoms with E-state index in [1.807, 2.05) is 31.2 Å². The van der Waals surface area contributed by atoms with Gasteiger partial charge in [-0.3, -0.25) is 4.79 Å². The van der Waals surface area contributed by atoms with Crippen LogP contribution in [0.15, 0.2) is 54.7 Å². The van der Waals surface area contributed by atoms with Crippen LogP contribution in [0, 0.1) is 6.92 Å². The standard InChI is InChI=1S/C20H20N6O2/c1-13-2-10-17(11-3-13)26-12-18(24-25-26)19(27)21-14-4-6-15(7-5-14)22-20(28)23-16-8-9-16/h2-7,10-12,16H,8-9H2,1H3,(H,21,27)(H2,22,23,28). The van der Waals surface area contributed by atoms with Crippen LogP contribution in [0.5, 0.6) is 0 Å². The zero-order valence-electron chi connectivity index (χ0n) is 15.3. The average Bonchev–Trinajstić information content (AvgIpc) is 3.35. The number of hydrogen-bond acceptors (Lipinski definition) is 4. The second kappa shape index (κ2) is 7.51. The van der Waals surface area contributed by atoms with Gasteiger partial charge in [-0.25, -0.2) is 9.48 Å². The highest BCUT2D eigenvalue weighted by atomic mass is 16.2. The number of aryl methyl sites for hydroxylation is 1. The molecule has 1 fully saturated rings. The van der Waals surface area contributed by atoms with E-state index < -0.39 is 0 Å². The first-order valence-electron chi connectivity index (χ1n) is 9.05. The van der Waals surface area contributed by atoms with Gasteiger partial charge >= 0.3 is 6.03 Å². The van der Waals surface area contributed by atoms with Crippen molar-refractivity contribution in [2.24, 2.45) is 0 Å². The van der Waals surface area contributed by atoms with Gasteiger partial charge in [-0.05, 0) is 56.2 Å². The van der Waals surface area contributed by atoms with E-state index in [0.717, 1.165) is 24.1 Å². The van der Waals surface area contributed by atoms with E-state index in [9.17, 15) is 9.59 Å². The molecule has 2 aromatic carbocycles. The summed E-state index contributed by atoms with van der Waals surface area (Å²) in [5, 5.41) is 16.3. The Morgan fingerprint density at radius 1 is 0.964 bits per heavy atom. The Bertz CT molecular complexity index is 990. The number of amides is 3. The van der Waals surface area contributed by atoms with E-state index in [-0.39, 0.29) is 17.6 Å². The van der Waals surface area contributed by atoms with Crippen molar-refractivity contribution >= 4 is 23.3 Å². The Balaban J connectivity index is 1.36. The van der Waals surface area contributed by atoms with Crippen molar-refractivity contribution < 1.29 is 9.59 Å². The number of nitrogens with one attached hydrogen (secondary N) is 3. The van der Waals surface area contributed by atoms with Gasteiger partial charge in [0, 0.05) is 17.4 Å². The first kappa shape index (κ1) is 17.7. The van der Waals surface area contributed by atoms with E-state index in [2.05, 4.69) is 26.3 Å². The Hall–Kier alpha value is -3.68. The van der Waals surface area contributed by atoms with E-state index in [0.29, 0.717) is 17.4 Å². The van der Waals surface area contributed by atoms with Gasteiger partial charge < -0.3 is 16.0 Å². The lowest BCUT2D eigenvalue weighted by molar-refractivity contribution is 0.102. The Morgan fingerprint density at radius 3 is 2.25 bits per heavy atom. The molecule has 1 saturated carbocycles. The summed E-state index contributed by atoms with van der Waals surface area (Å²) in [6, 6.07) is 14.7. The smallest absolute Gasteiger partial charge is 0.319 e. The largest absolute Gasteiger partial charge is 0.335 e. The van der Waals surface area contributed by atoms with Crippen LogP contribution in [0.3, 0.4) is 0 Å². The summed E-state index contributed by atoms with van der Waals surface area (Å²) in [5.41, 5.74) is 3.44. The third kappa shape index (κ3) is 4.35. The molecule has 1 aliphatic rings. The molecule has 1 aliphatic carbocycles. The molecule has 0 spiro atoms. The molecule has 3 aromatic rings. The molecule has 8 heteroatoms. The van der Waals surface area contributed by atoms with E-state index in [1.54, 1.807) is 35.1 Å². The fraction of sp³-hybridized carbons (Fsp3) is 0.200. The van der Waals surface area contributed by atoms with Crippen LogP contribution in [-0.2, 0) is 0 Å². The molecule has 8 nitrogen and oxygen atoms in total. The van der Waals surface area contributed by atoms with Crippen molar-refractivity contribution in [1.29, 1.82) is 0 Å². The van der Waals surface area contributed by atoms with Crippen LogP contribution in [0.25, 0.3) is 5.69 Å². The van der Waals surface area contributed by atoms with E-state index in [4.69, 9.17) is 0 Å². The molecule has 1 heterocycles. The van der Waals surface area contributed by atoms with Crippen molar-refractivity contribution in [3.8, 4) is 5.69 Å². The van der Waals surface area contributed by atoms with Crippen molar-refractivity contribution in [2.75, 3.05) is 10.6 Å². The lowest BCUT2D eigenvalue weighted by Crippen LogP contribution is -2.30. The maximum atomic E-state index is 12.4. The normalized spacial score (nSPS) is 13.0. The number of carbonyl (C=O) groups excluding carboxylic acids is 2. The summed E-state index contributed by atoms with van der Waals surface area (Å²) < 4.78 is 1.56. The van der Waals surface area contributed by atoms with Gasteiger partial charge in [0.05, 0.1) is 11.9 Å². The third-order valence-corrected chi connectivity index (χ3v) is 4.34. The monoisotopic (exact) mass is 376 g/mol.